The van der Waals surface area contributed by atoms with Crippen LogP contribution in [0.4, 0.5) is 8.78 Å². The number of Topliss-reactive ketones (excluding diaryl/α,β-unsaturated/α-hetero) is 1. The Kier molecular flexibility index (Phi) is 3.30. The predicted molar refractivity (Wildman–Crippen MR) is 66.5 cm³/mol. The number of hydrogen-bond acceptors (Lipinski definition) is 5. The molecule has 122 valence electrons. The van der Waals surface area contributed by atoms with Gasteiger partial charge in [-0.25, -0.2) is 0 Å². The van der Waals surface area contributed by atoms with Crippen molar-refractivity contribution >= 4 is 17.7 Å². The molecule has 4 rings (SSSR count). The van der Waals surface area contributed by atoms with Crippen LogP contribution in [-0.2, 0) is 19.1 Å². The van der Waals surface area contributed by atoms with Gasteiger partial charge in [-0.15, -0.1) is 0 Å². The van der Waals surface area contributed by atoms with Crippen LogP contribution in [0.3, 0.4) is 0 Å². The van der Waals surface area contributed by atoms with E-state index in [4.69, 9.17) is 4.74 Å². The number of alkyl halides is 2. The molecule has 0 saturated heterocycles. The molecule has 3 atom stereocenters. The summed E-state index contributed by atoms with van der Waals surface area (Å²) in [6, 6.07) is 0. The molecular formula is C15H17F2O5-. The SMILES string of the molecule is CC(OC(=O)C12CC3CC(C1)C(=O)C(C3)C2)C(F)(F)C(=O)[O-]. The van der Waals surface area contributed by atoms with Crippen molar-refractivity contribution < 1.29 is 33.0 Å². The van der Waals surface area contributed by atoms with Crippen molar-refractivity contribution in [1.82, 2.24) is 0 Å². The summed E-state index contributed by atoms with van der Waals surface area (Å²) in [5.74, 6) is -7.53. The van der Waals surface area contributed by atoms with Gasteiger partial charge in [-0.3, -0.25) is 9.59 Å². The number of esters is 1. The lowest BCUT2D eigenvalue weighted by molar-refractivity contribution is -0.335. The van der Waals surface area contributed by atoms with E-state index in [0.29, 0.717) is 19.3 Å². The number of halogens is 2. The van der Waals surface area contributed by atoms with E-state index in [-0.39, 0.29) is 23.5 Å². The van der Waals surface area contributed by atoms with Crippen LogP contribution < -0.4 is 5.11 Å². The summed E-state index contributed by atoms with van der Waals surface area (Å²) in [4.78, 5) is 34.9. The molecule has 4 aliphatic carbocycles. The highest BCUT2D eigenvalue weighted by molar-refractivity contribution is 5.90. The van der Waals surface area contributed by atoms with E-state index in [0.717, 1.165) is 19.8 Å². The lowest BCUT2D eigenvalue weighted by atomic mass is 9.49. The Bertz CT molecular complexity index is 526. The predicted octanol–water partition coefficient (Wildman–Crippen LogP) is 0.699. The van der Waals surface area contributed by atoms with Gasteiger partial charge in [0.1, 0.15) is 11.8 Å². The Morgan fingerprint density at radius 3 is 2.32 bits per heavy atom. The van der Waals surface area contributed by atoms with Gasteiger partial charge in [-0.2, -0.15) is 8.78 Å². The standard InChI is InChI=1S/C15H18F2O5/c1-7(15(16,17)12(19)20)22-13(21)14-4-8-2-9(5-14)11(18)10(3-8)6-14/h7-10H,2-6H2,1H3,(H,19,20)/p-1. The van der Waals surface area contributed by atoms with Gasteiger partial charge in [0, 0.05) is 11.8 Å². The van der Waals surface area contributed by atoms with Crippen LogP contribution in [0.5, 0.6) is 0 Å². The molecule has 3 unspecified atom stereocenters. The number of carbonyl (C=O) groups excluding carboxylic acids is 3. The van der Waals surface area contributed by atoms with Crippen LogP contribution in [-0.4, -0.2) is 29.7 Å². The molecule has 4 fully saturated rings. The highest BCUT2D eigenvalue weighted by Crippen LogP contribution is 2.59. The lowest BCUT2D eigenvalue weighted by Gasteiger charge is -2.54. The van der Waals surface area contributed by atoms with E-state index in [1.54, 1.807) is 0 Å². The van der Waals surface area contributed by atoms with Gasteiger partial charge in [0.25, 0.3) is 0 Å². The molecule has 4 bridgehead atoms. The summed E-state index contributed by atoms with van der Waals surface area (Å²) >= 11 is 0. The highest BCUT2D eigenvalue weighted by Gasteiger charge is 2.59. The number of carboxylic acid groups (broad SMARTS) is 1. The summed E-state index contributed by atoms with van der Waals surface area (Å²) in [5.41, 5.74) is -0.902. The minimum absolute atomic E-state index is 0.174. The molecule has 0 amide bonds. The molecule has 4 saturated carbocycles. The molecule has 0 aliphatic heterocycles. The zero-order valence-electron chi connectivity index (χ0n) is 12.1. The average Bonchev–Trinajstić information content (AvgIpc) is 2.43. The molecule has 0 radical (unpaired) electrons. The maximum atomic E-state index is 13.3. The second kappa shape index (κ2) is 4.73. The van der Waals surface area contributed by atoms with E-state index >= 15 is 0 Å². The lowest BCUT2D eigenvalue weighted by Crippen LogP contribution is -2.56. The fourth-order valence-electron chi connectivity index (χ4n) is 4.52. The molecule has 22 heavy (non-hydrogen) atoms. The summed E-state index contributed by atoms with van der Waals surface area (Å²) in [6.07, 6.45) is 0.636. The number of hydrogen-bond donors (Lipinski definition) is 0. The van der Waals surface area contributed by atoms with Crippen molar-refractivity contribution in [3.8, 4) is 0 Å². The highest BCUT2D eigenvalue weighted by atomic mass is 19.3. The van der Waals surface area contributed by atoms with E-state index in [1.807, 2.05) is 0 Å². The van der Waals surface area contributed by atoms with Crippen molar-refractivity contribution in [3.63, 3.8) is 0 Å². The molecular weight excluding hydrogens is 298 g/mol. The number of ether oxygens (including phenoxy) is 1. The molecule has 0 heterocycles. The van der Waals surface area contributed by atoms with Gasteiger partial charge < -0.3 is 14.6 Å². The molecule has 0 spiro atoms. The first-order chi connectivity index (χ1) is 10.2. The summed E-state index contributed by atoms with van der Waals surface area (Å²) in [5, 5.41) is 10.4. The van der Waals surface area contributed by atoms with Crippen molar-refractivity contribution in [3.05, 3.63) is 0 Å². The van der Waals surface area contributed by atoms with Crippen LogP contribution in [0.15, 0.2) is 0 Å². The second-order valence-electron chi connectivity index (χ2n) is 6.98. The number of carboxylic acids is 1. The first-order valence-electron chi connectivity index (χ1n) is 7.50. The number of rotatable bonds is 4. The van der Waals surface area contributed by atoms with E-state index in [1.165, 1.54) is 0 Å². The third kappa shape index (κ3) is 2.13. The van der Waals surface area contributed by atoms with Gasteiger partial charge in [0.15, 0.2) is 6.10 Å². The van der Waals surface area contributed by atoms with Crippen LogP contribution in [0.2, 0.25) is 0 Å². The maximum Gasteiger partial charge on any atom is 0.322 e. The van der Waals surface area contributed by atoms with E-state index < -0.39 is 29.4 Å². The topological polar surface area (TPSA) is 83.5 Å². The first kappa shape index (κ1) is 15.4. The monoisotopic (exact) mass is 315 g/mol. The fraction of sp³-hybridized carbons (Fsp3) is 0.800. The normalized spacial score (nSPS) is 38.0. The van der Waals surface area contributed by atoms with Gasteiger partial charge in [-0.05, 0) is 44.9 Å². The zero-order valence-corrected chi connectivity index (χ0v) is 12.1. The van der Waals surface area contributed by atoms with E-state index in [2.05, 4.69) is 0 Å². The van der Waals surface area contributed by atoms with E-state index in [9.17, 15) is 28.3 Å². The smallest absolute Gasteiger partial charge is 0.322 e. The summed E-state index contributed by atoms with van der Waals surface area (Å²) < 4.78 is 31.5. The molecule has 0 N–H and O–H groups in total. The Labute approximate surface area is 126 Å². The van der Waals surface area contributed by atoms with Gasteiger partial charge >= 0.3 is 11.9 Å². The van der Waals surface area contributed by atoms with Crippen molar-refractivity contribution in [2.45, 2.75) is 51.1 Å². The zero-order chi connectivity index (χ0) is 16.3. The van der Waals surface area contributed by atoms with Crippen molar-refractivity contribution in [1.29, 1.82) is 0 Å². The number of ketones is 1. The minimum atomic E-state index is -4.23. The molecule has 4 aliphatic rings. The minimum Gasteiger partial charge on any atom is -0.544 e. The Hall–Kier alpha value is -1.53. The molecule has 0 aromatic heterocycles. The number of aliphatic carboxylic acids is 1. The Morgan fingerprint density at radius 1 is 1.27 bits per heavy atom. The van der Waals surface area contributed by atoms with Crippen LogP contribution in [0.25, 0.3) is 0 Å². The molecule has 0 aromatic rings. The number of carbonyl (C=O) groups is 3. The van der Waals surface area contributed by atoms with Crippen LogP contribution in [0, 0.1) is 23.2 Å². The Balaban J connectivity index is 1.76. The molecule has 7 heteroatoms. The Morgan fingerprint density at radius 2 is 1.82 bits per heavy atom. The molecule has 5 nitrogen and oxygen atoms in total. The van der Waals surface area contributed by atoms with Crippen molar-refractivity contribution in [2.24, 2.45) is 23.2 Å². The first-order valence-corrected chi connectivity index (χ1v) is 7.50. The van der Waals surface area contributed by atoms with Crippen LogP contribution in [0.1, 0.15) is 39.0 Å². The van der Waals surface area contributed by atoms with Gasteiger partial charge in [0.2, 0.25) is 0 Å². The second-order valence-corrected chi connectivity index (χ2v) is 6.98. The quantitative estimate of drug-likeness (QED) is 0.713. The molecule has 0 aromatic carbocycles. The third-order valence-electron chi connectivity index (χ3n) is 5.49. The van der Waals surface area contributed by atoms with Gasteiger partial charge in [0.05, 0.1) is 5.41 Å². The maximum absolute atomic E-state index is 13.3. The summed E-state index contributed by atoms with van der Waals surface area (Å²) in [6.45, 7) is 0.847. The fourth-order valence-corrected chi connectivity index (χ4v) is 4.52. The largest absolute Gasteiger partial charge is 0.544 e. The van der Waals surface area contributed by atoms with Gasteiger partial charge in [-0.1, -0.05) is 0 Å². The third-order valence-corrected chi connectivity index (χ3v) is 5.49. The average molecular weight is 315 g/mol. The summed E-state index contributed by atoms with van der Waals surface area (Å²) in [7, 11) is 0. The van der Waals surface area contributed by atoms with Crippen LogP contribution >= 0.6 is 0 Å². The van der Waals surface area contributed by atoms with Crippen molar-refractivity contribution in [2.75, 3.05) is 0 Å².